The first-order chi connectivity index (χ1) is 15.3. The SMILES string of the molecule is COCCn1nnnc1[C@H](c1ccc(OC)cc1)N1CCN(Cc2ccccc2)CC1. The number of hydrogen-bond acceptors (Lipinski definition) is 7. The van der Waals surface area contributed by atoms with E-state index in [0.29, 0.717) is 13.2 Å². The molecule has 0 spiro atoms. The second-order valence-corrected chi connectivity index (χ2v) is 7.73. The van der Waals surface area contributed by atoms with Gasteiger partial charge in [0.25, 0.3) is 0 Å². The molecule has 1 aliphatic heterocycles. The van der Waals surface area contributed by atoms with Crippen LogP contribution in [0.2, 0.25) is 0 Å². The molecular formula is C23H30N6O2. The predicted octanol–water partition coefficient (Wildman–Crippen LogP) is 2.24. The van der Waals surface area contributed by atoms with Crippen LogP contribution in [0.5, 0.6) is 5.75 Å². The molecule has 8 heteroatoms. The predicted molar refractivity (Wildman–Crippen MR) is 118 cm³/mol. The molecule has 31 heavy (non-hydrogen) atoms. The van der Waals surface area contributed by atoms with Crippen LogP contribution in [-0.4, -0.2) is 77.0 Å². The van der Waals surface area contributed by atoms with E-state index in [-0.39, 0.29) is 6.04 Å². The number of piperazine rings is 1. The Hall–Kier alpha value is -2.81. The summed E-state index contributed by atoms with van der Waals surface area (Å²) in [6.45, 7) is 6.06. The minimum Gasteiger partial charge on any atom is -0.497 e. The number of rotatable bonds is 9. The van der Waals surface area contributed by atoms with E-state index in [0.717, 1.165) is 49.9 Å². The monoisotopic (exact) mass is 422 g/mol. The maximum atomic E-state index is 5.35. The Morgan fingerprint density at radius 2 is 1.68 bits per heavy atom. The van der Waals surface area contributed by atoms with Crippen molar-refractivity contribution in [1.82, 2.24) is 30.0 Å². The molecule has 2 heterocycles. The number of nitrogens with zero attached hydrogens (tertiary/aromatic N) is 6. The van der Waals surface area contributed by atoms with Crippen LogP contribution in [0, 0.1) is 0 Å². The Morgan fingerprint density at radius 1 is 0.935 bits per heavy atom. The number of methoxy groups -OCH3 is 2. The average molecular weight is 423 g/mol. The zero-order chi connectivity index (χ0) is 21.5. The lowest BCUT2D eigenvalue weighted by Gasteiger charge is -2.39. The molecule has 0 amide bonds. The second kappa shape index (κ2) is 10.5. The highest BCUT2D eigenvalue weighted by Crippen LogP contribution is 2.29. The van der Waals surface area contributed by atoms with Crippen molar-refractivity contribution in [2.45, 2.75) is 19.1 Å². The van der Waals surface area contributed by atoms with Gasteiger partial charge < -0.3 is 9.47 Å². The van der Waals surface area contributed by atoms with Gasteiger partial charge in [-0.3, -0.25) is 9.80 Å². The highest BCUT2D eigenvalue weighted by atomic mass is 16.5. The Balaban J connectivity index is 1.53. The topological polar surface area (TPSA) is 68.5 Å². The molecule has 0 unspecified atom stereocenters. The van der Waals surface area contributed by atoms with E-state index in [1.165, 1.54) is 5.56 Å². The van der Waals surface area contributed by atoms with E-state index in [1.54, 1.807) is 14.2 Å². The van der Waals surface area contributed by atoms with Gasteiger partial charge in [-0.1, -0.05) is 42.5 Å². The summed E-state index contributed by atoms with van der Waals surface area (Å²) in [6.07, 6.45) is 0. The minimum atomic E-state index is -0.0170. The molecule has 0 bridgehead atoms. The van der Waals surface area contributed by atoms with Crippen molar-refractivity contribution >= 4 is 0 Å². The molecule has 8 nitrogen and oxygen atoms in total. The van der Waals surface area contributed by atoms with Gasteiger partial charge in [0.1, 0.15) is 5.75 Å². The summed E-state index contributed by atoms with van der Waals surface area (Å²) in [5, 5.41) is 12.6. The minimum absolute atomic E-state index is 0.0170. The molecule has 164 valence electrons. The summed E-state index contributed by atoms with van der Waals surface area (Å²) in [7, 11) is 3.38. The number of ether oxygens (including phenoxy) is 2. The Morgan fingerprint density at radius 3 is 2.35 bits per heavy atom. The van der Waals surface area contributed by atoms with E-state index < -0.39 is 0 Å². The molecule has 1 atom stereocenters. The summed E-state index contributed by atoms with van der Waals surface area (Å²) in [4.78, 5) is 4.98. The highest BCUT2D eigenvalue weighted by Gasteiger charge is 2.30. The largest absolute Gasteiger partial charge is 0.497 e. The zero-order valence-electron chi connectivity index (χ0n) is 18.2. The van der Waals surface area contributed by atoms with Gasteiger partial charge in [0.15, 0.2) is 5.82 Å². The molecule has 1 aromatic heterocycles. The smallest absolute Gasteiger partial charge is 0.173 e. The van der Waals surface area contributed by atoms with Crippen molar-refractivity contribution in [2.24, 2.45) is 0 Å². The average Bonchev–Trinajstić information content (AvgIpc) is 3.28. The standard InChI is InChI=1S/C23H30N6O2/c1-30-17-16-29-23(24-25-26-29)22(20-8-10-21(31-2)11-9-20)28-14-12-27(13-15-28)18-19-6-4-3-5-7-19/h3-11,22H,12-18H2,1-2H3/t22-/m0/s1. The van der Waals surface area contributed by atoms with Gasteiger partial charge in [-0.25, -0.2) is 4.68 Å². The number of tetrazole rings is 1. The molecule has 2 aromatic carbocycles. The third-order valence-electron chi connectivity index (χ3n) is 5.76. The molecule has 1 fully saturated rings. The first-order valence-corrected chi connectivity index (χ1v) is 10.7. The number of hydrogen-bond donors (Lipinski definition) is 0. The van der Waals surface area contributed by atoms with Crippen molar-refractivity contribution in [3.05, 3.63) is 71.5 Å². The van der Waals surface area contributed by atoms with Crippen LogP contribution < -0.4 is 4.74 Å². The van der Waals surface area contributed by atoms with Gasteiger partial charge in [-0.05, 0) is 33.7 Å². The summed E-state index contributed by atoms with van der Waals surface area (Å²) in [5.74, 6) is 1.69. The van der Waals surface area contributed by atoms with Crippen LogP contribution in [0.1, 0.15) is 23.0 Å². The molecule has 3 aromatic rings. The molecule has 0 N–H and O–H groups in total. The van der Waals surface area contributed by atoms with Gasteiger partial charge in [0.05, 0.1) is 26.3 Å². The van der Waals surface area contributed by atoms with Gasteiger partial charge in [-0.2, -0.15) is 0 Å². The highest BCUT2D eigenvalue weighted by molar-refractivity contribution is 5.32. The summed E-state index contributed by atoms with van der Waals surface area (Å²) in [6, 6.07) is 18.8. The summed E-state index contributed by atoms with van der Waals surface area (Å²) >= 11 is 0. The van der Waals surface area contributed by atoms with E-state index >= 15 is 0 Å². The molecule has 0 aliphatic carbocycles. The third-order valence-corrected chi connectivity index (χ3v) is 5.76. The van der Waals surface area contributed by atoms with Gasteiger partial charge in [0, 0.05) is 39.8 Å². The van der Waals surface area contributed by atoms with Gasteiger partial charge in [-0.15, -0.1) is 5.10 Å². The summed E-state index contributed by atoms with van der Waals surface area (Å²) < 4.78 is 12.5. The maximum Gasteiger partial charge on any atom is 0.173 e. The van der Waals surface area contributed by atoms with E-state index in [2.05, 4.69) is 67.8 Å². The zero-order valence-corrected chi connectivity index (χ0v) is 18.2. The molecule has 1 saturated heterocycles. The van der Waals surface area contributed by atoms with Crippen molar-refractivity contribution in [3.63, 3.8) is 0 Å². The van der Waals surface area contributed by atoms with Crippen LogP contribution >= 0.6 is 0 Å². The van der Waals surface area contributed by atoms with E-state index in [1.807, 2.05) is 16.8 Å². The van der Waals surface area contributed by atoms with Crippen molar-refractivity contribution in [3.8, 4) is 5.75 Å². The molecule has 0 radical (unpaired) electrons. The lowest BCUT2D eigenvalue weighted by Crippen LogP contribution is -2.48. The number of aromatic nitrogens is 4. The molecule has 0 saturated carbocycles. The first-order valence-electron chi connectivity index (χ1n) is 10.7. The molecular weight excluding hydrogens is 392 g/mol. The summed E-state index contributed by atoms with van der Waals surface area (Å²) in [5.41, 5.74) is 2.51. The number of benzene rings is 2. The Labute approximate surface area is 183 Å². The first kappa shape index (κ1) is 21.4. The van der Waals surface area contributed by atoms with E-state index in [4.69, 9.17) is 9.47 Å². The van der Waals surface area contributed by atoms with Crippen LogP contribution in [0.15, 0.2) is 54.6 Å². The Kier molecular flexibility index (Phi) is 7.24. The fraction of sp³-hybridized carbons (Fsp3) is 0.435. The van der Waals surface area contributed by atoms with Crippen LogP contribution in [0.25, 0.3) is 0 Å². The Bertz CT molecular complexity index is 923. The lowest BCUT2D eigenvalue weighted by atomic mass is 10.0. The lowest BCUT2D eigenvalue weighted by molar-refractivity contribution is 0.0988. The van der Waals surface area contributed by atoms with Gasteiger partial charge >= 0.3 is 0 Å². The molecule has 4 rings (SSSR count). The normalized spacial score (nSPS) is 16.3. The van der Waals surface area contributed by atoms with Crippen LogP contribution in [0.3, 0.4) is 0 Å². The van der Waals surface area contributed by atoms with Crippen molar-refractivity contribution in [2.75, 3.05) is 47.0 Å². The van der Waals surface area contributed by atoms with Crippen molar-refractivity contribution in [1.29, 1.82) is 0 Å². The van der Waals surface area contributed by atoms with Gasteiger partial charge in [0.2, 0.25) is 0 Å². The quantitative estimate of drug-likeness (QED) is 0.524. The van der Waals surface area contributed by atoms with E-state index in [9.17, 15) is 0 Å². The second-order valence-electron chi connectivity index (χ2n) is 7.73. The van der Waals surface area contributed by atoms with Crippen LogP contribution in [0.4, 0.5) is 0 Å². The fourth-order valence-corrected chi connectivity index (χ4v) is 4.08. The molecule has 1 aliphatic rings. The third kappa shape index (κ3) is 5.28. The fourth-order valence-electron chi connectivity index (χ4n) is 4.08. The van der Waals surface area contributed by atoms with Crippen LogP contribution in [-0.2, 0) is 17.8 Å². The maximum absolute atomic E-state index is 5.35. The van der Waals surface area contributed by atoms with Crippen molar-refractivity contribution < 1.29 is 9.47 Å².